The first-order valence-electron chi connectivity index (χ1n) is 6.49. The normalized spacial score (nSPS) is 19.8. The molecule has 1 aliphatic rings. The molecule has 0 aromatic heterocycles. The SMILES string of the molecule is O=C(COc1ccccc1)N1CCC[C@H](C(F)(F)F)C1. The number of carbonyl (C=O) groups is 1. The number of benzene rings is 1. The summed E-state index contributed by atoms with van der Waals surface area (Å²) in [6.07, 6.45) is -3.77. The van der Waals surface area contributed by atoms with Gasteiger partial charge in [0.2, 0.25) is 0 Å². The van der Waals surface area contributed by atoms with Crippen LogP contribution in [0, 0.1) is 5.92 Å². The van der Waals surface area contributed by atoms with Crippen molar-refractivity contribution in [3.63, 3.8) is 0 Å². The Kier molecular flexibility index (Phi) is 4.52. The largest absolute Gasteiger partial charge is 0.484 e. The average Bonchev–Trinajstić information content (AvgIpc) is 2.45. The van der Waals surface area contributed by atoms with Crippen LogP contribution in [0.3, 0.4) is 0 Å². The van der Waals surface area contributed by atoms with Gasteiger partial charge in [-0.15, -0.1) is 0 Å². The Morgan fingerprint density at radius 3 is 2.65 bits per heavy atom. The highest BCUT2D eigenvalue weighted by atomic mass is 19.4. The number of hydrogen-bond acceptors (Lipinski definition) is 2. The van der Waals surface area contributed by atoms with Crippen LogP contribution in [0.25, 0.3) is 0 Å². The Hall–Kier alpha value is -1.72. The third kappa shape index (κ3) is 3.88. The lowest BCUT2D eigenvalue weighted by Gasteiger charge is -2.33. The second-order valence-corrected chi connectivity index (χ2v) is 4.82. The summed E-state index contributed by atoms with van der Waals surface area (Å²) in [5.74, 6) is -1.29. The Morgan fingerprint density at radius 2 is 2.00 bits per heavy atom. The zero-order valence-electron chi connectivity index (χ0n) is 10.9. The quantitative estimate of drug-likeness (QED) is 0.855. The zero-order valence-corrected chi connectivity index (χ0v) is 10.9. The summed E-state index contributed by atoms with van der Waals surface area (Å²) in [4.78, 5) is 13.1. The molecule has 0 spiro atoms. The summed E-state index contributed by atoms with van der Waals surface area (Å²) in [7, 11) is 0. The molecular weight excluding hydrogens is 271 g/mol. The molecule has 1 heterocycles. The standard InChI is InChI=1S/C14H16F3NO2/c15-14(16,17)11-5-4-8-18(9-11)13(19)10-20-12-6-2-1-3-7-12/h1-3,6-7,11H,4-5,8-10H2/t11-/m0/s1. The van der Waals surface area contributed by atoms with Gasteiger partial charge in [0.15, 0.2) is 6.61 Å². The highest BCUT2D eigenvalue weighted by Crippen LogP contribution is 2.33. The molecule has 1 aromatic carbocycles. The van der Waals surface area contributed by atoms with Crippen LogP contribution in [0.2, 0.25) is 0 Å². The van der Waals surface area contributed by atoms with E-state index in [1.165, 1.54) is 4.90 Å². The first-order chi connectivity index (χ1) is 9.47. The van der Waals surface area contributed by atoms with Crippen LogP contribution in [0.4, 0.5) is 13.2 Å². The smallest absolute Gasteiger partial charge is 0.393 e. The molecule has 0 radical (unpaired) electrons. The Balaban J connectivity index is 1.86. The van der Waals surface area contributed by atoms with Crippen LogP contribution in [0.15, 0.2) is 30.3 Å². The number of amides is 1. The van der Waals surface area contributed by atoms with Crippen molar-refractivity contribution >= 4 is 5.91 Å². The predicted octanol–water partition coefficient (Wildman–Crippen LogP) is 2.87. The lowest BCUT2D eigenvalue weighted by atomic mass is 9.97. The number of piperidine rings is 1. The Bertz CT molecular complexity index is 447. The summed E-state index contributed by atoms with van der Waals surface area (Å²) in [5, 5.41) is 0. The van der Waals surface area contributed by atoms with Gasteiger partial charge in [-0.05, 0) is 25.0 Å². The second kappa shape index (κ2) is 6.15. The summed E-state index contributed by atoms with van der Waals surface area (Å²) >= 11 is 0. The molecule has 1 saturated heterocycles. The minimum Gasteiger partial charge on any atom is -0.484 e. The molecule has 6 heteroatoms. The van der Waals surface area contributed by atoms with E-state index >= 15 is 0 Å². The van der Waals surface area contributed by atoms with Gasteiger partial charge in [-0.1, -0.05) is 18.2 Å². The maximum atomic E-state index is 12.7. The summed E-state index contributed by atoms with van der Waals surface area (Å²) < 4.78 is 43.2. The molecule has 1 amide bonds. The van der Waals surface area contributed by atoms with Crippen LogP contribution < -0.4 is 4.74 Å². The molecule has 1 atom stereocenters. The molecule has 3 nitrogen and oxygen atoms in total. The van der Waals surface area contributed by atoms with Gasteiger partial charge in [0.05, 0.1) is 5.92 Å². The van der Waals surface area contributed by atoms with Gasteiger partial charge in [-0.2, -0.15) is 13.2 Å². The number of carbonyl (C=O) groups excluding carboxylic acids is 1. The third-order valence-electron chi connectivity index (χ3n) is 3.34. The van der Waals surface area contributed by atoms with E-state index in [0.29, 0.717) is 18.7 Å². The van der Waals surface area contributed by atoms with Gasteiger partial charge in [-0.25, -0.2) is 0 Å². The summed E-state index contributed by atoms with van der Waals surface area (Å²) in [6, 6.07) is 8.73. The number of halogens is 3. The minimum atomic E-state index is -4.24. The van der Waals surface area contributed by atoms with E-state index in [2.05, 4.69) is 0 Å². The Morgan fingerprint density at radius 1 is 1.30 bits per heavy atom. The van der Waals surface area contributed by atoms with Crippen molar-refractivity contribution < 1.29 is 22.7 Å². The molecule has 1 fully saturated rings. The van der Waals surface area contributed by atoms with Gasteiger partial charge < -0.3 is 9.64 Å². The molecule has 0 unspecified atom stereocenters. The molecule has 0 bridgehead atoms. The first-order valence-corrected chi connectivity index (χ1v) is 6.49. The molecule has 20 heavy (non-hydrogen) atoms. The Labute approximate surface area is 115 Å². The maximum Gasteiger partial charge on any atom is 0.393 e. The highest BCUT2D eigenvalue weighted by Gasteiger charge is 2.42. The molecule has 1 aromatic rings. The fourth-order valence-corrected chi connectivity index (χ4v) is 2.22. The van der Waals surface area contributed by atoms with Crippen LogP contribution >= 0.6 is 0 Å². The summed E-state index contributed by atoms with van der Waals surface area (Å²) in [5.41, 5.74) is 0. The van der Waals surface area contributed by atoms with E-state index in [1.54, 1.807) is 24.3 Å². The first kappa shape index (κ1) is 14.7. The monoisotopic (exact) mass is 287 g/mol. The van der Waals surface area contributed by atoms with Crippen LogP contribution in [-0.2, 0) is 4.79 Å². The lowest BCUT2D eigenvalue weighted by molar-refractivity contribution is -0.188. The third-order valence-corrected chi connectivity index (χ3v) is 3.34. The van der Waals surface area contributed by atoms with Crippen molar-refractivity contribution in [3.05, 3.63) is 30.3 Å². The number of likely N-dealkylation sites (tertiary alicyclic amines) is 1. The minimum absolute atomic E-state index is 0.0901. The topological polar surface area (TPSA) is 29.5 Å². The number of hydrogen-bond donors (Lipinski definition) is 0. The fraction of sp³-hybridized carbons (Fsp3) is 0.500. The van der Waals surface area contributed by atoms with E-state index in [-0.39, 0.29) is 19.6 Å². The fourth-order valence-electron chi connectivity index (χ4n) is 2.22. The van der Waals surface area contributed by atoms with Gasteiger partial charge in [0, 0.05) is 13.1 Å². The van der Waals surface area contributed by atoms with Crippen molar-refractivity contribution in [3.8, 4) is 5.75 Å². The van der Waals surface area contributed by atoms with Crippen molar-refractivity contribution in [1.29, 1.82) is 0 Å². The van der Waals surface area contributed by atoms with E-state index < -0.39 is 18.0 Å². The highest BCUT2D eigenvalue weighted by molar-refractivity contribution is 5.77. The molecule has 2 rings (SSSR count). The van der Waals surface area contributed by atoms with E-state index in [9.17, 15) is 18.0 Å². The van der Waals surface area contributed by atoms with Gasteiger partial charge in [-0.3, -0.25) is 4.79 Å². The average molecular weight is 287 g/mol. The molecule has 1 aliphatic heterocycles. The van der Waals surface area contributed by atoms with Crippen LogP contribution in [0.1, 0.15) is 12.8 Å². The maximum absolute atomic E-state index is 12.7. The van der Waals surface area contributed by atoms with Crippen LogP contribution in [-0.4, -0.2) is 36.7 Å². The van der Waals surface area contributed by atoms with E-state index in [0.717, 1.165) is 0 Å². The van der Waals surface area contributed by atoms with Crippen molar-refractivity contribution in [2.24, 2.45) is 5.92 Å². The van der Waals surface area contributed by atoms with Gasteiger partial charge in [0.1, 0.15) is 5.75 Å². The molecular formula is C14H16F3NO2. The van der Waals surface area contributed by atoms with Crippen molar-refractivity contribution in [2.45, 2.75) is 19.0 Å². The second-order valence-electron chi connectivity index (χ2n) is 4.82. The van der Waals surface area contributed by atoms with E-state index in [1.807, 2.05) is 6.07 Å². The van der Waals surface area contributed by atoms with Crippen molar-refractivity contribution in [2.75, 3.05) is 19.7 Å². The van der Waals surface area contributed by atoms with Gasteiger partial charge >= 0.3 is 6.18 Å². The van der Waals surface area contributed by atoms with E-state index in [4.69, 9.17) is 4.74 Å². The lowest BCUT2D eigenvalue weighted by Crippen LogP contribution is -2.46. The number of ether oxygens (including phenoxy) is 1. The number of nitrogens with zero attached hydrogens (tertiary/aromatic N) is 1. The summed E-state index contributed by atoms with van der Waals surface area (Å²) in [6.45, 7) is -0.126. The van der Waals surface area contributed by atoms with Gasteiger partial charge in [0.25, 0.3) is 5.91 Å². The number of para-hydroxylation sites is 1. The zero-order chi connectivity index (χ0) is 14.6. The number of rotatable bonds is 3. The van der Waals surface area contributed by atoms with Crippen LogP contribution in [0.5, 0.6) is 5.75 Å². The number of alkyl halides is 3. The molecule has 0 N–H and O–H groups in total. The molecule has 0 saturated carbocycles. The predicted molar refractivity (Wildman–Crippen MR) is 67.3 cm³/mol. The molecule has 110 valence electrons. The molecule has 0 aliphatic carbocycles. The van der Waals surface area contributed by atoms with Crippen molar-refractivity contribution in [1.82, 2.24) is 4.90 Å².